The molecule has 0 amide bonds. The number of esters is 1. The summed E-state index contributed by atoms with van der Waals surface area (Å²) in [4.78, 5) is 32.6. The molecule has 0 aromatic carbocycles. The van der Waals surface area contributed by atoms with Gasteiger partial charge < -0.3 is 14.6 Å². The first-order valence-electron chi connectivity index (χ1n) is 4.29. The third kappa shape index (κ3) is 2.97. The Kier molecular flexibility index (Phi) is 3.67. The van der Waals surface area contributed by atoms with Crippen molar-refractivity contribution in [2.24, 2.45) is 0 Å². The van der Waals surface area contributed by atoms with Crippen LogP contribution in [-0.2, 0) is 14.4 Å². The summed E-state index contributed by atoms with van der Waals surface area (Å²) in [7, 11) is 0. The number of aromatic nitrogens is 2. The summed E-state index contributed by atoms with van der Waals surface area (Å²) < 4.78 is 4.74. The number of H-pyrrole nitrogens is 1. The number of hydrogen-bond acceptors (Lipinski definition) is 6. The lowest BCUT2D eigenvalue weighted by molar-refractivity contribution is -0.138. The maximum atomic E-state index is 11.3. The predicted octanol–water partition coefficient (Wildman–Crippen LogP) is 0.476. The third-order valence-electron chi connectivity index (χ3n) is 1.41. The number of rotatable bonds is 4. The van der Waals surface area contributed by atoms with Crippen molar-refractivity contribution in [2.45, 2.75) is 13.8 Å². The summed E-state index contributed by atoms with van der Waals surface area (Å²) in [5.41, 5.74) is 2.35. The number of ether oxygens (including phenoxy) is 1. The zero-order chi connectivity index (χ0) is 11.3. The molecule has 0 saturated heterocycles. The van der Waals surface area contributed by atoms with Crippen molar-refractivity contribution < 1.29 is 19.2 Å². The Morgan fingerprint density at radius 3 is 2.93 bits per heavy atom. The van der Waals surface area contributed by atoms with Gasteiger partial charge >= 0.3 is 11.9 Å². The summed E-state index contributed by atoms with van der Waals surface area (Å²) in [6.45, 7) is 3.17. The second-order valence-electron chi connectivity index (χ2n) is 2.54. The first-order chi connectivity index (χ1) is 7.15. The van der Waals surface area contributed by atoms with Crippen molar-refractivity contribution in [3.63, 3.8) is 0 Å². The molecule has 1 aromatic heterocycles. The van der Waals surface area contributed by atoms with Crippen molar-refractivity contribution in [1.29, 1.82) is 0 Å². The Morgan fingerprint density at radius 1 is 1.60 bits per heavy atom. The van der Waals surface area contributed by atoms with E-state index in [1.54, 1.807) is 6.92 Å². The zero-order valence-corrected chi connectivity index (χ0v) is 8.36. The molecule has 15 heavy (non-hydrogen) atoms. The van der Waals surface area contributed by atoms with Gasteiger partial charge in [-0.2, -0.15) is 5.48 Å². The number of aromatic amines is 1. The molecule has 7 heteroatoms. The van der Waals surface area contributed by atoms with Crippen LogP contribution in [0.15, 0.2) is 6.33 Å². The fourth-order valence-electron chi connectivity index (χ4n) is 0.851. The molecule has 0 bridgehead atoms. The Morgan fingerprint density at radius 2 is 2.33 bits per heavy atom. The second kappa shape index (κ2) is 4.99. The molecule has 7 nitrogen and oxygen atoms in total. The van der Waals surface area contributed by atoms with Crippen LogP contribution in [0.4, 0.5) is 5.82 Å². The van der Waals surface area contributed by atoms with E-state index >= 15 is 0 Å². The van der Waals surface area contributed by atoms with Gasteiger partial charge in [-0.05, 0) is 6.92 Å². The smallest absolute Gasteiger partial charge is 0.358 e. The van der Waals surface area contributed by atoms with Crippen LogP contribution in [0.1, 0.15) is 24.3 Å². The number of imidazole rings is 1. The summed E-state index contributed by atoms with van der Waals surface area (Å²) >= 11 is 0. The van der Waals surface area contributed by atoms with E-state index < -0.39 is 11.9 Å². The molecule has 0 spiro atoms. The van der Waals surface area contributed by atoms with Gasteiger partial charge in [-0.3, -0.25) is 4.79 Å². The fourth-order valence-corrected chi connectivity index (χ4v) is 0.851. The molecule has 0 fully saturated rings. The molecular formula is C8H11N3O4. The lowest BCUT2D eigenvalue weighted by Crippen LogP contribution is -2.12. The lowest BCUT2D eigenvalue weighted by atomic mass is 10.4. The normalized spacial score (nSPS) is 9.47. The number of carbonyl (C=O) groups is 2. The van der Waals surface area contributed by atoms with E-state index in [0.717, 1.165) is 0 Å². The maximum Gasteiger partial charge on any atom is 0.358 e. The monoisotopic (exact) mass is 213 g/mol. The van der Waals surface area contributed by atoms with E-state index in [1.807, 2.05) is 0 Å². The van der Waals surface area contributed by atoms with Crippen molar-refractivity contribution in [3.05, 3.63) is 12.0 Å². The van der Waals surface area contributed by atoms with E-state index in [1.165, 1.54) is 13.3 Å². The molecule has 2 N–H and O–H groups in total. The Bertz CT molecular complexity index is 361. The molecule has 1 rings (SSSR count). The van der Waals surface area contributed by atoms with Gasteiger partial charge in [-0.1, -0.05) is 0 Å². The first-order valence-corrected chi connectivity index (χ1v) is 4.29. The molecule has 0 aliphatic carbocycles. The van der Waals surface area contributed by atoms with Crippen LogP contribution in [0.3, 0.4) is 0 Å². The van der Waals surface area contributed by atoms with Crippen LogP contribution in [0.2, 0.25) is 0 Å². The highest BCUT2D eigenvalue weighted by atomic mass is 16.7. The minimum Gasteiger partial charge on any atom is -0.461 e. The summed E-state index contributed by atoms with van der Waals surface area (Å²) in [5.74, 6) is -0.985. The highest BCUT2D eigenvalue weighted by molar-refractivity contribution is 5.92. The van der Waals surface area contributed by atoms with E-state index in [2.05, 4.69) is 20.3 Å². The topological polar surface area (TPSA) is 93.3 Å². The van der Waals surface area contributed by atoms with Gasteiger partial charge in [-0.25, -0.2) is 9.78 Å². The standard InChI is InChI=1S/C8H11N3O4/c1-3-14-8(13)6-7(10-4-9-6)11-15-5(2)12/h4,11H,3H2,1-2H3,(H,9,10). The summed E-state index contributed by atoms with van der Waals surface area (Å²) in [6, 6.07) is 0. The summed E-state index contributed by atoms with van der Waals surface area (Å²) in [6.07, 6.45) is 1.29. The van der Waals surface area contributed by atoms with Crippen molar-refractivity contribution >= 4 is 17.8 Å². The minimum atomic E-state index is -0.565. The zero-order valence-electron chi connectivity index (χ0n) is 8.36. The van der Waals surface area contributed by atoms with Crippen LogP contribution in [-0.4, -0.2) is 28.5 Å². The minimum absolute atomic E-state index is 0.109. The highest BCUT2D eigenvalue weighted by Crippen LogP contribution is 2.10. The van der Waals surface area contributed by atoms with E-state index in [4.69, 9.17) is 4.74 Å². The van der Waals surface area contributed by atoms with Gasteiger partial charge in [0, 0.05) is 6.92 Å². The lowest BCUT2D eigenvalue weighted by Gasteiger charge is -2.03. The molecule has 0 atom stereocenters. The molecular weight excluding hydrogens is 202 g/mol. The second-order valence-corrected chi connectivity index (χ2v) is 2.54. The first kappa shape index (κ1) is 11.0. The number of nitrogens with one attached hydrogen (secondary N) is 2. The maximum absolute atomic E-state index is 11.3. The predicted molar refractivity (Wildman–Crippen MR) is 49.9 cm³/mol. The van der Waals surface area contributed by atoms with Crippen molar-refractivity contribution in [2.75, 3.05) is 12.1 Å². The average molecular weight is 213 g/mol. The number of hydrogen-bond donors (Lipinski definition) is 2. The Hall–Kier alpha value is -2.05. The Balaban J connectivity index is 2.68. The van der Waals surface area contributed by atoms with Crippen LogP contribution in [0.5, 0.6) is 0 Å². The van der Waals surface area contributed by atoms with Gasteiger partial charge in [0.05, 0.1) is 12.9 Å². The van der Waals surface area contributed by atoms with Crippen LogP contribution < -0.4 is 5.48 Å². The SMILES string of the molecule is CCOC(=O)c1[nH]cnc1NOC(C)=O. The molecule has 0 radical (unpaired) electrons. The average Bonchev–Trinajstić information content (AvgIpc) is 2.62. The largest absolute Gasteiger partial charge is 0.461 e. The van der Waals surface area contributed by atoms with Crippen molar-refractivity contribution in [3.8, 4) is 0 Å². The van der Waals surface area contributed by atoms with Crippen LogP contribution in [0.25, 0.3) is 0 Å². The number of anilines is 1. The van der Waals surface area contributed by atoms with Gasteiger partial charge in [-0.15, -0.1) is 0 Å². The molecule has 1 heterocycles. The third-order valence-corrected chi connectivity index (χ3v) is 1.41. The summed E-state index contributed by atoms with van der Waals surface area (Å²) in [5, 5.41) is 0. The van der Waals surface area contributed by atoms with E-state index in [-0.39, 0.29) is 18.1 Å². The molecule has 0 aliphatic rings. The van der Waals surface area contributed by atoms with E-state index in [0.29, 0.717) is 0 Å². The Labute approximate surface area is 85.7 Å². The fraction of sp³-hybridized carbons (Fsp3) is 0.375. The van der Waals surface area contributed by atoms with Gasteiger partial charge in [0.2, 0.25) is 0 Å². The van der Waals surface area contributed by atoms with E-state index in [9.17, 15) is 9.59 Å². The molecule has 0 aliphatic heterocycles. The van der Waals surface area contributed by atoms with Gasteiger partial charge in [0.1, 0.15) is 0 Å². The van der Waals surface area contributed by atoms with Crippen LogP contribution >= 0.6 is 0 Å². The van der Waals surface area contributed by atoms with Gasteiger partial charge in [0.25, 0.3) is 0 Å². The molecule has 0 unspecified atom stereocenters. The van der Waals surface area contributed by atoms with Crippen LogP contribution in [0, 0.1) is 0 Å². The molecule has 82 valence electrons. The molecule has 0 saturated carbocycles. The van der Waals surface area contributed by atoms with Crippen molar-refractivity contribution in [1.82, 2.24) is 9.97 Å². The number of nitrogens with zero attached hydrogens (tertiary/aromatic N) is 1. The quantitative estimate of drug-likeness (QED) is 0.558. The highest BCUT2D eigenvalue weighted by Gasteiger charge is 2.15. The number of carbonyl (C=O) groups excluding carboxylic acids is 2. The molecule has 1 aromatic rings. The van der Waals surface area contributed by atoms with Gasteiger partial charge in [0.15, 0.2) is 11.5 Å².